The van der Waals surface area contributed by atoms with Crippen LogP contribution in [0.5, 0.6) is 0 Å². The summed E-state index contributed by atoms with van der Waals surface area (Å²) < 4.78 is 11.9. The standard InChI is InChI=1S/C29H41ClN4O6/c1-15(2)19-9-7-16(3)12-24(19)39-29-22(14-25(35)40-29)33-27(37)23-6-5-11-34(23)28(38)17(4)32-26(36)18-8-10-21(31)20(30)13-18/h8,10,13,15-17,19,22-24,29H,5-7,9,11-12,14,31H2,1-4H3,(H,32,36)(H,33,37)/t16-,17+,19+,22+,23+,24?,29-/m1/s1. The van der Waals surface area contributed by atoms with Crippen LogP contribution in [0.1, 0.15) is 76.6 Å². The predicted octanol–water partition coefficient (Wildman–Crippen LogP) is 3.27. The number of nitrogens with one attached hydrogen (secondary N) is 2. The van der Waals surface area contributed by atoms with Gasteiger partial charge in [-0.05, 0) is 68.6 Å². The van der Waals surface area contributed by atoms with Gasteiger partial charge < -0.3 is 30.7 Å². The third-order valence-electron chi connectivity index (χ3n) is 8.38. The molecule has 4 N–H and O–H groups in total. The van der Waals surface area contributed by atoms with E-state index in [4.69, 9.17) is 26.8 Å². The van der Waals surface area contributed by atoms with Crippen LogP contribution in [0.3, 0.4) is 0 Å². The number of carbonyl (C=O) groups excluding carboxylic acids is 4. The molecule has 1 aromatic carbocycles. The molecule has 0 spiro atoms. The molecule has 3 amide bonds. The second kappa shape index (κ2) is 12.8. The number of hydrogen-bond acceptors (Lipinski definition) is 7. The maximum atomic E-state index is 13.4. The number of amides is 3. The maximum Gasteiger partial charge on any atom is 0.310 e. The lowest BCUT2D eigenvalue weighted by atomic mass is 9.75. The molecular formula is C29H41ClN4O6. The van der Waals surface area contributed by atoms with E-state index in [1.54, 1.807) is 6.92 Å². The van der Waals surface area contributed by atoms with E-state index in [1.807, 2.05) is 0 Å². The number of carbonyl (C=O) groups is 4. The summed E-state index contributed by atoms with van der Waals surface area (Å²) >= 11 is 6.02. The number of halogens is 1. The van der Waals surface area contributed by atoms with Crippen molar-refractivity contribution in [3.8, 4) is 0 Å². The first kappa shape index (κ1) is 30.1. The van der Waals surface area contributed by atoms with Crippen molar-refractivity contribution < 1.29 is 28.7 Å². The Bertz CT molecular complexity index is 1130. The Morgan fingerprint density at radius 3 is 2.62 bits per heavy atom. The van der Waals surface area contributed by atoms with Crippen LogP contribution in [0.25, 0.3) is 0 Å². The van der Waals surface area contributed by atoms with Gasteiger partial charge in [0.05, 0.1) is 23.2 Å². The number of esters is 1. The number of benzene rings is 1. The molecule has 7 atom stereocenters. The fraction of sp³-hybridized carbons (Fsp3) is 0.655. The third-order valence-corrected chi connectivity index (χ3v) is 8.71. The molecule has 10 nitrogen and oxygen atoms in total. The second-order valence-corrected chi connectivity index (χ2v) is 12.2. The molecule has 0 radical (unpaired) electrons. The van der Waals surface area contributed by atoms with E-state index >= 15 is 0 Å². The molecule has 220 valence electrons. The van der Waals surface area contributed by atoms with Crippen molar-refractivity contribution >= 4 is 41.0 Å². The van der Waals surface area contributed by atoms with Gasteiger partial charge in [-0.1, -0.05) is 38.8 Å². The van der Waals surface area contributed by atoms with E-state index < -0.39 is 36.3 Å². The van der Waals surface area contributed by atoms with Gasteiger partial charge in [-0.2, -0.15) is 0 Å². The summed E-state index contributed by atoms with van der Waals surface area (Å²) in [4.78, 5) is 53.1. The second-order valence-electron chi connectivity index (χ2n) is 11.8. The molecule has 0 bridgehead atoms. The first-order valence-electron chi connectivity index (χ1n) is 14.3. The van der Waals surface area contributed by atoms with Crippen LogP contribution < -0.4 is 16.4 Å². The molecule has 3 aliphatic rings. The van der Waals surface area contributed by atoms with Crippen LogP contribution in [-0.2, 0) is 23.9 Å². The Morgan fingerprint density at radius 1 is 1.18 bits per heavy atom. The molecule has 2 saturated heterocycles. The lowest BCUT2D eigenvalue weighted by Crippen LogP contribution is -2.55. The van der Waals surface area contributed by atoms with Crippen LogP contribution in [0, 0.1) is 17.8 Å². The van der Waals surface area contributed by atoms with E-state index in [0.29, 0.717) is 42.8 Å². The number of likely N-dealkylation sites (tertiary alicyclic amines) is 1. The van der Waals surface area contributed by atoms with E-state index in [-0.39, 0.29) is 34.9 Å². The molecule has 11 heteroatoms. The molecule has 1 aliphatic carbocycles. The number of ether oxygens (including phenoxy) is 2. The number of rotatable bonds is 8. The fourth-order valence-electron chi connectivity index (χ4n) is 6.06. The van der Waals surface area contributed by atoms with Gasteiger partial charge in [0.1, 0.15) is 18.1 Å². The molecule has 2 aliphatic heterocycles. The highest BCUT2D eigenvalue weighted by Crippen LogP contribution is 2.37. The molecule has 0 aromatic heterocycles. The number of nitrogens with zero attached hydrogens (tertiary/aromatic N) is 1. The number of cyclic esters (lactones) is 1. The maximum absolute atomic E-state index is 13.4. The van der Waals surface area contributed by atoms with Gasteiger partial charge in [-0.3, -0.25) is 19.2 Å². The van der Waals surface area contributed by atoms with Crippen molar-refractivity contribution in [2.75, 3.05) is 12.3 Å². The average Bonchev–Trinajstić information content (AvgIpc) is 3.51. The monoisotopic (exact) mass is 576 g/mol. The van der Waals surface area contributed by atoms with Gasteiger partial charge in [0, 0.05) is 12.1 Å². The minimum atomic E-state index is -0.869. The van der Waals surface area contributed by atoms with Crippen molar-refractivity contribution in [1.82, 2.24) is 15.5 Å². The number of anilines is 1. The lowest BCUT2D eigenvalue weighted by Gasteiger charge is -2.39. The minimum Gasteiger partial charge on any atom is -0.433 e. The summed E-state index contributed by atoms with van der Waals surface area (Å²) in [6, 6.07) is 2.28. The zero-order valence-corrected chi connectivity index (χ0v) is 24.4. The van der Waals surface area contributed by atoms with Crippen LogP contribution in [-0.4, -0.2) is 65.7 Å². The Kier molecular flexibility index (Phi) is 9.61. The predicted molar refractivity (Wildman–Crippen MR) is 150 cm³/mol. The minimum absolute atomic E-state index is 0.0162. The zero-order valence-electron chi connectivity index (χ0n) is 23.7. The van der Waals surface area contributed by atoms with Gasteiger partial charge in [0.2, 0.25) is 18.1 Å². The van der Waals surface area contributed by atoms with Crippen molar-refractivity contribution in [2.24, 2.45) is 17.8 Å². The summed E-state index contributed by atoms with van der Waals surface area (Å²) in [5, 5.41) is 5.86. The van der Waals surface area contributed by atoms with E-state index in [0.717, 1.165) is 19.3 Å². The van der Waals surface area contributed by atoms with E-state index in [1.165, 1.54) is 23.1 Å². The summed E-state index contributed by atoms with van der Waals surface area (Å²) in [6.07, 6.45) is 3.32. The number of hydrogen-bond donors (Lipinski definition) is 3. The summed E-state index contributed by atoms with van der Waals surface area (Å²) in [5.74, 6) is -0.308. The SMILES string of the molecule is CC(C)[C@@H]1CC[C@@H](C)CC1O[C@@H]1OC(=O)C[C@@H]1NC(=O)[C@@H]1CCCN1C(=O)[C@H](C)NC(=O)c1ccc(N)c(Cl)c1. The molecule has 1 aromatic rings. The van der Waals surface area contributed by atoms with Crippen molar-refractivity contribution in [2.45, 2.75) is 96.7 Å². The Hall–Kier alpha value is -2.85. The van der Waals surface area contributed by atoms with Gasteiger partial charge in [0.15, 0.2) is 0 Å². The summed E-state index contributed by atoms with van der Waals surface area (Å²) in [7, 11) is 0. The lowest BCUT2D eigenvalue weighted by molar-refractivity contribution is -0.191. The van der Waals surface area contributed by atoms with Gasteiger partial charge in [-0.15, -0.1) is 0 Å². The zero-order chi connectivity index (χ0) is 29.1. The van der Waals surface area contributed by atoms with Crippen LogP contribution in [0.2, 0.25) is 5.02 Å². The topological polar surface area (TPSA) is 140 Å². The average molecular weight is 577 g/mol. The molecule has 1 saturated carbocycles. The molecule has 40 heavy (non-hydrogen) atoms. The smallest absolute Gasteiger partial charge is 0.310 e. The third kappa shape index (κ3) is 6.89. The summed E-state index contributed by atoms with van der Waals surface area (Å²) in [5.41, 5.74) is 6.34. The summed E-state index contributed by atoms with van der Waals surface area (Å²) in [6.45, 7) is 8.53. The van der Waals surface area contributed by atoms with Crippen LogP contribution >= 0.6 is 11.6 Å². The van der Waals surface area contributed by atoms with E-state index in [2.05, 4.69) is 31.4 Å². The molecule has 4 rings (SSSR count). The van der Waals surface area contributed by atoms with Crippen LogP contribution in [0.15, 0.2) is 18.2 Å². The molecular weight excluding hydrogens is 536 g/mol. The molecule has 1 unspecified atom stereocenters. The van der Waals surface area contributed by atoms with Gasteiger partial charge >= 0.3 is 5.97 Å². The van der Waals surface area contributed by atoms with Gasteiger partial charge in [-0.25, -0.2) is 0 Å². The number of nitrogen functional groups attached to an aromatic ring is 1. The number of nitrogens with two attached hydrogens (primary N) is 1. The molecule has 3 fully saturated rings. The van der Waals surface area contributed by atoms with Crippen molar-refractivity contribution in [3.05, 3.63) is 28.8 Å². The Morgan fingerprint density at radius 2 is 1.93 bits per heavy atom. The van der Waals surface area contributed by atoms with E-state index in [9.17, 15) is 19.2 Å². The van der Waals surface area contributed by atoms with Gasteiger partial charge in [0.25, 0.3) is 5.91 Å². The highest BCUT2D eigenvalue weighted by molar-refractivity contribution is 6.33. The van der Waals surface area contributed by atoms with Crippen LogP contribution in [0.4, 0.5) is 5.69 Å². The molecule has 2 heterocycles. The highest BCUT2D eigenvalue weighted by Gasteiger charge is 2.44. The van der Waals surface area contributed by atoms with Crippen molar-refractivity contribution in [3.63, 3.8) is 0 Å². The normalized spacial score (nSPS) is 29.2. The Balaban J connectivity index is 1.37. The Labute approximate surface area is 240 Å². The first-order valence-corrected chi connectivity index (χ1v) is 14.6. The quantitative estimate of drug-likeness (QED) is 0.319. The first-order chi connectivity index (χ1) is 18.9. The highest BCUT2D eigenvalue weighted by atomic mass is 35.5. The fourth-order valence-corrected chi connectivity index (χ4v) is 6.24. The van der Waals surface area contributed by atoms with Crippen molar-refractivity contribution in [1.29, 1.82) is 0 Å². The largest absolute Gasteiger partial charge is 0.433 e.